The summed E-state index contributed by atoms with van der Waals surface area (Å²) in [6.07, 6.45) is 1.79. The van der Waals surface area contributed by atoms with E-state index in [1.54, 1.807) is 11.3 Å². The molecule has 1 aromatic heterocycles. The summed E-state index contributed by atoms with van der Waals surface area (Å²) in [6.45, 7) is 2.06. The number of rotatable bonds is 2. The second-order valence-electron chi connectivity index (χ2n) is 3.10. The SMILES string of the molecule is CCc1c(C=O)ccc2scc(S)c12. The molecule has 0 amide bonds. The third kappa shape index (κ3) is 1.37. The number of aldehydes is 1. The first-order valence-corrected chi connectivity index (χ1v) is 5.77. The van der Waals surface area contributed by atoms with Gasteiger partial charge in [0.1, 0.15) is 6.29 Å². The molecule has 0 N–H and O–H groups in total. The predicted molar refractivity (Wildman–Crippen MR) is 63.8 cm³/mol. The van der Waals surface area contributed by atoms with Crippen molar-refractivity contribution in [2.45, 2.75) is 18.2 Å². The van der Waals surface area contributed by atoms with Gasteiger partial charge < -0.3 is 0 Å². The molecule has 1 nitrogen and oxygen atoms in total. The zero-order valence-corrected chi connectivity index (χ0v) is 9.49. The van der Waals surface area contributed by atoms with Crippen molar-refractivity contribution in [3.05, 3.63) is 28.6 Å². The van der Waals surface area contributed by atoms with E-state index in [0.29, 0.717) is 0 Å². The number of hydrogen-bond acceptors (Lipinski definition) is 3. The molecule has 3 heteroatoms. The summed E-state index contributed by atoms with van der Waals surface area (Å²) in [5.74, 6) is 0. The van der Waals surface area contributed by atoms with Crippen LogP contribution in [0.4, 0.5) is 0 Å². The summed E-state index contributed by atoms with van der Waals surface area (Å²) in [5.41, 5.74) is 1.90. The molecule has 0 aliphatic heterocycles. The highest BCUT2D eigenvalue weighted by Gasteiger charge is 2.09. The van der Waals surface area contributed by atoms with Gasteiger partial charge in [0, 0.05) is 25.9 Å². The van der Waals surface area contributed by atoms with Crippen LogP contribution in [0.25, 0.3) is 10.1 Å². The Kier molecular flexibility index (Phi) is 2.61. The van der Waals surface area contributed by atoms with Crippen LogP contribution >= 0.6 is 24.0 Å². The minimum absolute atomic E-state index is 0.786. The fraction of sp³-hybridized carbons (Fsp3) is 0.182. The van der Waals surface area contributed by atoms with Crippen molar-refractivity contribution in [3.8, 4) is 0 Å². The van der Waals surface area contributed by atoms with Crippen molar-refractivity contribution in [1.82, 2.24) is 0 Å². The number of thiophene rings is 1. The van der Waals surface area contributed by atoms with Crippen LogP contribution in [0.2, 0.25) is 0 Å². The van der Waals surface area contributed by atoms with Crippen molar-refractivity contribution >= 4 is 40.3 Å². The Bertz CT molecular complexity index is 485. The Morgan fingerprint density at radius 3 is 2.93 bits per heavy atom. The summed E-state index contributed by atoms with van der Waals surface area (Å²) >= 11 is 6.08. The molecule has 1 aromatic carbocycles. The van der Waals surface area contributed by atoms with E-state index in [1.165, 1.54) is 4.70 Å². The zero-order chi connectivity index (χ0) is 10.1. The van der Waals surface area contributed by atoms with Crippen molar-refractivity contribution < 1.29 is 4.79 Å². The highest BCUT2D eigenvalue weighted by Crippen LogP contribution is 2.33. The fourth-order valence-electron chi connectivity index (χ4n) is 1.69. The topological polar surface area (TPSA) is 17.1 Å². The first kappa shape index (κ1) is 9.74. The molecule has 1 heterocycles. The number of aryl methyl sites for hydroxylation is 1. The van der Waals surface area contributed by atoms with Crippen molar-refractivity contribution in [3.63, 3.8) is 0 Å². The lowest BCUT2D eigenvalue weighted by Crippen LogP contribution is -1.91. The van der Waals surface area contributed by atoms with E-state index in [-0.39, 0.29) is 0 Å². The normalized spacial score (nSPS) is 10.7. The van der Waals surface area contributed by atoms with Gasteiger partial charge in [-0.25, -0.2) is 0 Å². The van der Waals surface area contributed by atoms with Gasteiger partial charge in [0.2, 0.25) is 0 Å². The van der Waals surface area contributed by atoms with Crippen LogP contribution in [0, 0.1) is 0 Å². The van der Waals surface area contributed by atoms with E-state index in [0.717, 1.165) is 34.1 Å². The molecule has 2 aromatic rings. The van der Waals surface area contributed by atoms with E-state index in [4.69, 9.17) is 0 Å². The average Bonchev–Trinajstić information content (AvgIpc) is 2.59. The number of benzene rings is 1. The monoisotopic (exact) mass is 222 g/mol. The van der Waals surface area contributed by atoms with Gasteiger partial charge >= 0.3 is 0 Å². The van der Waals surface area contributed by atoms with Crippen molar-refractivity contribution in [1.29, 1.82) is 0 Å². The second kappa shape index (κ2) is 3.75. The molecule has 0 spiro atoms. The summed E-state index contributed by atoms with van der Waals surface area (Å²) in [7, 11) is 0. The van der Waals surface area contributed by atoms with Crippen LogP contribution in [-0.4, -0.2) is 6.29 Å². The molecule has 2 rings (SSSR count). The smallest absolute Gasteiger partial charge is 0.150 e. The highest BCUT2D eigenvalue weighted by atomic mass is 32.1. The quantitative estimate of drug-likeness (QED) is 0.607. The van der Waals surface area contributed by atoms with Crippen LogP contribution in [0.15, 0.2) is 22.4 Å². The largest absolute Gasteiger partial charge is 0.298 e. The van der Waals surface area contributed by atoms with E-state index in [1.807, 2.05) is 17.5 Å². The highest BCUT2D eigenvalue weighted by molar-refractivity contribution is 7.80. The first-order chi connectivity index (χ1) is 6.77. The van der Waals surface area contributed by atoms with E-state index >= 15 is 0 Å². The van der Waals surface area contributed by atoms with E-state index < -0.39 is 0 Å². The fourth-order valence-corrected chi connectivity index (χ4v) is 3.03. The summed E-state index contributed by atoms with van der Waals surface area (Å²) in [6, 6.07) is 3.88. The van der Waals surface area contributed by atoms with Gasteiger partial charge in [-0.2, -0.15) is 0 Å². The molecule has 0 atom stereocenters. The van der Waals surface area contributed by atoms with Crippen LogP contribution in [0.5, 0.6) is 0 Å². The minimum atomic E-state index is 0.786. The molecule has 72 valence electrons. The third-order valence-electron chi connectivity index (χ3n) is 2.35. The van der Waals surface area contributed by atoms with Crippen molar-refractivity contribution in [2.24, 2.45) is 0 Å². The number of hydrogen-bond donors (Lipinski definition) is 1. The lowest BCUT2D eigenvalue weighted by molar-refractivity contribution is 0.112. The average molecular weight is 222 g/mol. The van der Waals surface area contributed by atoms with Crippen LogP contribution in [-0.2, 0) is 6.42 Å². The summed E-state index contributed by atoms with van der Waals surface area (Å²) in [4.78, 5) is 11.8. The summed E-state index contributed by atoms with van der Waals surface area (Å²) in [5, 5.41) is 3.16. The molecule has 0 aliphatic rings. The van der Waals surface area contributed by atoms with Gasteiger partial charge in [-0.3, -0.25) is 4.79 Å². The molecular weight excluding hydrogens is 212 g/mol. The van der Waals surface area contributed by atoms with Crippen LogP contribution < -0.4 is 0 Å². The maximum Gasteiger partial charge on any atom is 0.150 e. The number of carbonyl (C=O) groups is 1. The molecular formula is C11H10OS2. The van der Waals surface area contributed by atoms with Crippen LogP contribution in [0.3, 0.4) is 0 Å². The second-order valence-corrected chi connectivity index (χ2v) is 4.49. The molecule has 0 saturated heterocycles. The molecule has 0 radical (unpaired) electrons. The Labute approximate surface area is 92.2 Å². The van der Waals surface area contributed by atoms with Gasteiger partial charge in [0.25, 0.3) is 0 Å². The standard InChI is InChI=1S/C11H10OS2/c1-2-8-7(5-12)3-4-10-11(8)9(13)6-14-10/h3-6,13H,2H2,1H3. The summed E-state index contributed by atoms with van der Waals surface area (Å²) < 4.78 is 1.21. The van der Waals surface area contributed by atoms with Gasteiger partial charge in [-0.05, 0) is 24.1 Å². The Morgan fingerprint density at radius 2 is 2.29 bits per heavy atom. The predicted octanol–water partition coefficient (Wildman–Crippen LogP) is 3.56. The molecule has 14 heavy (non-hydrogen) atoms. The minimum Gasteiger partial charge on any atom is -0.298 e. The van der Waals surface area contributed by atoms with Gasteiger partial charge in [0.05, 0.1) is 0 Å². The Hall–Kier alpha value is -0.800. The van der Waals surface area contributed by atoms with Gasteiger partial charge in [0.15, 0.2) is 0 Å². The lowest BCUT2D eigenvalue weighted by Gasteiger charge is -2.04. The molecule has 0 saturated carbocycles. The maximum absolute atomic E-state index is 10.8. The van der Waals surface area contributed by atoms with Crippen molar-refractivity contribution in [2.75, 3.05) is 0 Å². The zero-order valence-electron chi connectivity index (χ0n) is 7.78. The first-order valence-electron chi connectivity index (χ1n) is 4.45. The molecule has 0 bridgehead atoms. The van der Waals surface area contributed by atoms with Gasteiger partial charge in [-0.1, -0.05) is 6.92 Å². The van der Waals surface area contributed by atoms with E-state index in [2.05, 4.69) is 19.6 Å². The Morgan fingerprint density at radius 1 is 1.50 bits per heavy atom. The lowest BCUT2D eigenvalue weighted by atomic mass is 10.0. The van der Waals surface area contributed by atoms with Crippen LogP contribution in [0.1, 0.15) is 22.8 Å². The molecule has 0 unspecified atom stereocenters. The third-order valence-corrected chi connectivity index (χ3v) is 3.82. The number of carbonyl (C=O) groups excluding carboxylic acids is 1. The maximum atomic E-state index is 10.8. The number of fused-ring (bicyclic) bond motifs is 1. The van der Waals surface area contributed by atoms with Gasteiger partial charge in [-0.15, -0.1) is 24.0 Å². The number of thiol groups is 1. The Balaban J connectivity index is 2.87. The van der Waals surface area contributed by atoms with E-state index in [9.17, 15) is 4.79 Å². The molecule has 0 aliphatic carbocycles. The molecule has 0 fully saturated rings.